The average Bonchev–Trinajstić information content (AvgIpc) is 3.09. The summed E-state index contributed by atoms with van der Waals surface area (Å²) in [4.78, 5) is 11.4. The molecular weight excluding hydrogens is 402 g/mol. The molecule has 0 radical (unpaired) electrons. The van der Waals surface area contributed by atoms with E-state index in [-0.39, 0.29) is 17.5 Å². The number of benzene rings is 1. The molecular formula is C22H22F2N6O. The maximum Gasteiger partial charge on any atom is 0.144 e. The van der Waals surface area contributed by atoms with Gasteiger partial charge in [0.05, 0.1) is 41.5 Å². The van der Waals surface area contributed by atoms with Crippen LogP contribution in [-0.4, -0.2) is 46.8 Å². The van der Waals surface area contributed by atoms with Gasteiger partial charge in [-0.3, -0.25) is 5.10 Å². The lowest BCUT2D eigenvalue weighted by Crippen LogP contribution is -2.41. The standard InChI is InChI=1S/C22H22F2N6O/c1-3-16-21-20(29-28-16)13-9-18(30-7-8-31-12(2)11-30)25-10-17(13)26-22(27-21)19-14(23)5-4-6-15(19)24/h4-6,9-10,12H,3,7-8,11H2,1-2H3,(H,26,27)(H,28,29)/t12-/m0/s1. The largest absolute Gasteiger partial charge is 0.375 e. The Bertz CT molecular complexity index is 1150. The second-order valence-electron chi connectivity index (χ2n) is 7.65. The van der Waals surface area contributed by atoms with Crippen molar-refractivity contribution in [2.45, 2.75) is 26.4 Å². The second-order valence-corrected chi connectivity index (χ2v) is 7.65. The number of aryl methyl sites for hydroxylation is 1. The van der Waals surface area contributed by atoms with Crippen LogP contribution in [0.3, 0.4) is 0 Å². The molecule has 1 atom stereocenters. The number of ether oxygens (including phenoxy) is 1. The van der Waals surface area contributed by atoms with Crippen molar-refractivity contribution in [3.63, 3.8) is 0 Å². The first-order valence-corrected chi connectivity index (χ1v) is 10.3. The molecule has 0 saturated carbocycles. The molecule has 2 N–H and O–H groups in total. The molecule has 1 fully saturated rings. The molecule has 7 nitrogen and oxygen atoms in total. The monoisotopic (exact) mass is 424 g/mol. The van der Waals surface area contributed by atoms with Gasteiger partial charge in [0, 0.05) is 18.7 Å². The van der Waals surface area contributed by atoms with Gasteiger partial charge in [0.15, 0.2) is 0 Å². The quantitative estimate of drug-likeness (QED) is 0.664. The van der Waals surface area contributed by atoms with Crippen LogP contribution in [0.1, 0.15) is 25.1 Å². The van der Waals surface area contributed by atoms with Crippen LogP contribution < -0.4 is 10.2 Å². The van der Waals surface area contributed by atoms with Crippen molar-refractivity contribution in [2.75, 3.05) is 29.9 Å². The summed E-state index contributed by atoms with van der Waals surface area (Å²) < 4.78 is 34.7. The van der Waals surface area contributed by atoms with Gasteiger partial charge in [0.25, 0.3) is 0 Å². The molecule has 1 aromatic carbocycles. The molecule has 0 unspecified atom stereocenters. The smallest absolute Gasteiger partial charge is 0.144 e. The molecule has 0 spiro atoms. The van der Waals surface area contributed by atoms with Gasteiger partial charge in [-0.05, 0) is 31.5 Å². The third-order valence-electron chi connectivity index (χ3n) is 5.55. The molecule has 0 amide bonds. The highest BCUT2D eigenvalue weighted by Gasteiger charge is 2.27. The number of nitrogens with one attached hydrogen (secondary N) is 2. The molecule has 2 aromatic heterocycles. The van der Waals surface area contributed by atoms with Crippen LogP contribution in [0.4, 0.5) is 26.0 Å². The number of H-pyrrole nitrogens is 1. The van der Waals surface area contributed by atoms with Crippen LogP contribution in [0.5, 0.6) is 0 Å². The van der Waals surface area contributed by atoms with E-state index < -0.39 is 11.6 Å². The lowest BCUT2D eigenvalue weighted by Gasteiger charge is -2.32. The summed E-state index contributed by atoms with van der Waals surface area (Å²) in [6.45, 7) is 6.09. The minimum Gasteiger partial charge on any atom is -0.375 e. The molecule has 0 bridgehead atoms. The summed E-state index contributed by atoms with van der Waals surface area (Å²) >= 11 is 0. The molecule has 4 heterocycles. The fourth-order valence-corrected chi connectivity index (χ4v) is 3.99. The number of halogens is 2. The zero-order valence-electron chi connectivity index (χ0n) is 17.2. The number of aliphatic imine (C=N–C) groups is 1. The average molecular weight is 424 g/mol. The summed E-state index contributed by atoms with van der Waals surface area (Å²) in [5.41, 5.74) is 3.15. The van der Waals surface area contributed by atoms with E-state index in [0.717, 1.165) is 30.2 Å². The number of hydrogen-bond donors (Lipinski definition) is 2. The number of aromatic nitrogens is 3. The highest BCUT2D eigenvalue weighted by Crippen LogP contribution is 2.40. The van der Waals surface area contributed by atoms with Crippen molar-refractivity contribution in [3.05, 3.63) is 53.4 Å². The first-order valence-electron chi connectivity index (χ1n) is 10.3. The van der Waals surface area contributed by atoms with E-state index in [2.05, 4.69) is 30.4 Å². The predicted octanol–water partition coefficient (Wildman–Crippen LogP) is 4.04. The Morgan fingerprint density at radius 2 is 2.06 bits per heavy atom. The highest BCUT2D eigenvalue weighted by atomic mass is 19.1. The zero-order chi connectivity index (χ0) is 21.5. The Balaban J connectivity index is 1.65. The maximum atomic E-state index is 14.6. The summed E-state index contributed by atoms with van der Waals surface area (Å²) in [5, 5.41) is 10.5. The number of amidine groups is 1. The number of aromatic amines is 1. The number of rotatable bonds is 3. The Morgan fingerprint density at radius 1 is 1.26 bits per heavy atom. The second kappa shape index (κ2) is 7.73. The molecule has 3 aromatic rings. The van der Waals surface area contributed by atoms with Gasteiger partial charge in [0.1, 0.15) is 29.0 Å². The van der Waals surface area contributed by atoms with Gasteiger partial charge < -0.3 is 15.0 Å². The minimum absolute atomic E-state index is 0.0845. The van der Waals surface area contributed by atoms with Crippen molar-refractivity contribution in [1.82, 2.24) is 15.2 Å². The SMILES string of the molecule is CCc1n[nH]c2c1N=C(c1c(F)cccc1F)Nc1cnc(N3CCO[C@@H](C)C3)cc1-2. The Hall–Kier alpha value is -3.33. The van der Waals surface area contributed by atoms with E-state index in [1.807, 2.05) is 19.9 Å². The highest BCUT2D eigenvalue weighted by molar-refractivity contribution is 6.13. The number of pyridine rings is 1. The molecule has 2 aliphatic rings. The molecule has 2 aliphatic heterocycles. The molecule has 0 aliphatic carbocycles. The molecule has 5 rings (SSSR count). The van der Waals surface area contributed by atoms with Crippen LogP contribution in [0, 0.1) is 11.6 Å². The lowest BCUT2D eigenvalue weighted by atomic mass is 10.1. The fourth-order valence-electron chi connectivity index (χ4n) is 3.99. The van der Waals surface area contributed by atoms with Crippen molar-refractivity contribution in [1.29, 1.82) is 0 Å². The van der Waals surface area contributed by atoms with Gasteiger partial charge in [-0.2, -0.15) is 5.10 Å². The number of hydrogen-bond acceptors (Lipinski definition) is 6. The third-order valence-corrected chi connectivity index (χ3v) is 5.55. The molecule has 9 heteroatoms. The van der Waals surface area contributed by atoms with Crippen LogP contribution in [0.15, 0.2) is 35.5 Å². The summed E-state index contributed by atoms with van der Waals surface area (Å²) in [7, 11) is 0. The van der Waals surface area contributed by atoms with Crippen molar-refractivity contribution in [3.8, 4) is 11.3 Å². The number of fused-ring (bicyclic) bond motifs is 3. The van der Waals surface area contributed by atoms with Gasteiger partial charge >= 0.3 is 0 Å². The summed E-state index contributed by atoms with van der Waals surface area (Å²) in [6, 6.07) is 5.71. The topological polar surface area (TPSA) is 78.4 Å². The van der Waals surface area contributed by atoms with Crippen molar-refractivity contribution < 1.29 is 13.5 Å². The lowest BCUT2D eigenvalue weighted by molar-refractivity contribution is 0.0529. The van der Waals surface area contributed by atoms with Gasteiger partial charge in [-0.15, -0.1) is 0 Å². The maximum absolute atomic E-state index is 14.6. The number of morpholine rings is 1. The number of nitrogens with zero attached hydrogens (tertiary/aromatic N) is 4. The first-order chi connectivity index (χ1) is 15.0. The normalized spacial score (nSPS) is 18.0. The molecule has 160 valence electrons. The van der Waals surface area contributed by atoms with E-state index in [4.69, 9.17) is 4.74 Å². The van der Waals surface area contributed by atoms with Crippen LogP contribution in [-0.2, 0) is 11.2 Å². The van der Waals surface area contributed by atoms with Crippen molar-refractivity contribution in [2.24, 2.45) is 4.99 Å². The minimum atomic E-state index is -0.690. The van der Waals surface area contributed by atoms with Crippen LogP contribution >= 0.6 is 0 Å². The summed E-state index contributed by atoms with van der Waals surface area (Å²) in [6.07, 6.45) is 2.40. The van der Waals surface area contributed by atoms with Crippen LogP contribution in [0.25, 0.3) is 11.3 Å². The van der Waals surface area contributed by atoms with Gasteiger partial charge in [-0.1, -0.05) is 13.0 Å². The van der Waals surface area contributed by atoms with E-state index >= 15 is 0 Å². The van der Waals surface area contributed by atoms with Crippen LogP contribution in [0.2, 0.25) is 0 Å². The number of anilines is 2. The van der Waals surface area contributed by atoms with E-state index in [1.54, 1.807) is 6.20 Å². The van der Waals surface area contributed by atoms with Gasteiger partial charge in [0.2, 0.25) is 0 Å². The third kappa shape index (κ3) is 3.44. The predicted molar refractivity (Wildman–Crippen MR) is 115 cm³/mol. The van der Waals surface area contributed by atoms with E-state index in [9.17, 15) is 8.78 Å². The molecule has 1 saturated heterocycles. The first kappa shape index (κ1) is 19.6. The Kier molecular flexibility index (Phi) is 4.90. The van der Waals surface area contributed by atoms with E-state index in [1.165, 1.54) is 18.2 Å². The zero-order valence-corrected chi connectivity index (χ0v) is 17.2. The summed E-state index contributed by atoms with van der Waals surface area (Å²) in [5.74, 6) is -0.495. The van der Waals surface area contributed by atoms with Gasteiger partial charge in [-0.25, -0.2) is 18.8 Å². The van der Waals surface area contributed by atoms with Crippen molar-refractivity contribution >= 4 is 23.0 Å². The molecule has 31 heavy (non-hydrogen) atoms. The Labute approximate surface area is 178 Å². The van der Waals surface area contributed by atoms with E-state index in [0.29, 0.717) is 30.1 Å². The fraction of sp³-hybridized carbons (Fsp3) is 0.318. The Morgan fingerprint density at radius 3 is 2.81 bits per heavy atom.